The zero-order valence-electron chi connectivity index (χ0n) is 11.5. The number of hydrogen-bond acceptors (Lipinski definition) is 2. The van der Waals surface area contributed by atoms with Crippen LogP contribution in [0.5, 0.6) is 0 Å². The molecule has 0 atom stereocenters. The second-order valence-electron chi connectivity index (χ2n) is 4.60. The van der Waals surface area contributed by atoms with Crippen LogP contribution in [0.15, 0.2) is 42.5 Å². The van der Waals surface area contributed by atoms with E-state index in [1.54, 1.807) is 0 Å². The van der Waals surface area contributed by atoms with Gasteiger partial charge in [-0.3, -0.25) is 4.79 Å². The third-order valence-corrected chi connectivity index (χ3v) is 3.08. The first-order valence-corrected chi connectivity index (χ1v) is 6.79. The third kappa shape index (κ3) is 4.85. The van der Waals surface area contributed by atoms with Crippen molar-refractivity contribution >= 4 is 28.9 Å². The number of rotatable bonds is 4. The van der Waals surface area contributed by atoms with E-state index in [1.807, 2.05) is 0 Å². The van der Waals surface area contributed by atoms with E-state index >= 15 is 0 Å². The number of benzene rings is 2. The molecule has 8 heteroatoms. The summed E-state index contributed by atoms with van der Waals surface area (Å²) in [5, 5.41) is 5.05. The van der Waals surface area contributed by atoms with Crippen LogP contribution in [-0.4, -0.2) is 12.5 Å². The van der Waals surface area contributed by atoms with Crippen LogP contribution in [0.3, 0.4) is 0 Å². The Hall–Kier alpha value is -2.28. The van der Waals surface area contributed by atoms with Crippen molar-refractivity contribution in [1.29, 1.82) is 0 Å². The Kier molecular flexibility index (Phi) is 5.10. The van der Waals surface area contributed by atoms with Crippen molar-refractivity contribution in [2.75, 3.05) is 17.2 Å². The van der Waals surface area contributed by atoms with Gasteiger partial charge in [-0.25, -0.2) is 4.39 Å². The summed E-state index contributed by atoms with van der Waals surface area (Å²) in [6.45, 7) is -0.311. The topological polar surface area (TPSA) is 41.1 Å². The predicted molar refractivity (Wildman–Crippen MR) is 80.0 cm³/mol. The Balaban J connectivity index is 1.97. The average Bonchev–Trinajstić information content (AvgIpc) is 2.45. The Morgan fingerprint density at radius 1 is 1.13 bits per heavy atom. The fraction of sp³-hybridized carbons (Fsp3) is 0.133. The zero-order chi connectivity index (χ0) is 17.0. The summed E-state index contributed by atoms with van der Waals surface area (Å²) in [5.41, 5.74) is -0.802. The fourth-order valence-electron chi connectivity index (χ4n) is 1.79. The first-order chi connectivity index (χ1) is 10.8. The molecule has 0 saturated carbocycles. The normalized spacial score (nSPS) is 11.2. The molecule has 0 radical (unpaired) electrons. The van der Waals surface area contributed by atoms with Crippen LogP contribution in [-0.2, 0) is 11.0 Å². The molecule has 2 aromatic rings. The van der Waals surface area contributed by atoms with Crippen molar-refractivity contribution in [2.24, 2.45) is 0 Å². The SMILES string of the molecule is O=C(CNc1ccc(Cl)cc1F)Nc1cccc(C(F)(F)F)c1. The van der Waals surface area contributed by atoms with Crippen LogP contribution < -0.4 is 10.6 Å². The number of alkyl halides is 3. The Bertz CT molecular complexity index is 719. The van der Waals surface area contributed by atoms with Crippen LogP contribution in [0.25, 0.3) is 0 Å². The maximum atomic E-state index is 13.5. The summed E-state index contributed by atoms with van der Waals surface area (Å²) in [4.78, 5) is 11.7. The summed E-state index contributed by atoms with van der Waals surface area (Å²) in [5.74, 6) is -1.25. The summed E-state index contributed by atoms with van der Waals surface area (Å²) >= 11 is 5.60. The molecule has 122 valence electrons. The zero-order valence-corrected chi connectivity index (χ0v) is 12.3. The van der Waals surface area contributed by atoms with Crippen molar-refractivity contribution in [3.05, 3.63) is 58.9 Å². The van der Waals surface area contributed by atoms with E-state index < -0.39 is 23.5 Å². The predicted octanol–water partition coefficient (Wildman–Crippen LogP) is 4.55. The quantitative estimate of drug-likeness (QED) is 0.797. The molecular formula is C15H11ClF4N2O. The van der Waals surface area contributed by atoms with Gasteiger partial charge in [0, 0.05) is 10.7 Å². The van der Waals surface area contributed by atoms with E-state index in [2.05, 4.69) is 10.6 Å². The lowest BCUT2D eigenvalue weighted by atomic mass is 10.2. The molecule has 0 heterocycles. The molecule has 0 aliphatic rings. The molecule has 2 aromatic carbocycles. The van der Waals surface area contributed by atoms with Crippen molar-refractivity contribution in [2.45, 2.75) is 6.18 Å². The van der Waals surface area contributed by atoms with Gasteiger partial charge < -0.3 is 10.6 Å². The first kappa shape index (κ1) is 17.1. The highest BCUT2D eigenvalue weighted by Gasteiger charge is 2.30. The summed E-state index contributed by atoms with van der Waals surface area (Å²) in [7, 11) is 0. The summed E-state index contributed by atoms with van der Waals surface area (Å²) in [6.07, 6.45) is -4.49. The molecule has 0 bridgehead atoms. The molecule has 1 amide bonds. The highest BCUT2D eigenvalue weighted by atomic mass is 35.5. The molecule has 2 rings (SSSR count). The first-order valence-electron chi connectivity index (χ1n) is 6.42. The lowest BCUT2D eigenvalue weighted by Crippen LogP contribution is -2.22. The Morgan fingerprint density at radius 2 is 1.87 bits per heavy atom. The summed E-state index contributed by atoms with van der Waals surface area (Å²) < 4.78 is 51.2. The van der Waals surface area contributed by atoms with Gasteiger partial charge in [0.25, 0.3) is 0 Å². The molecule has 0 spiro atoms. The van der Waals surface area contributed by atoms with Crippen molar-refractivity contribution in [1.82, 2.24) is 0 Å². The minimum Gasteiger partial charge on any atom is -0.374 e. The van der Waals surface area contributed by atoms with E-state index in [0.29, 0.717) is 0 Å². The number of anilines is 2. The number of halogens is 5. The van der Waals surface area contributed by atoms with E-state index in [4.69, 9.17) is 11.6 Å². The summed E-state index contributed by atoms with van der Waals surface area (Å²) in [6, 6.07) is 8.11. The molecule has 0 unspecified atom stereocenters. The van der Waals surface area contributed by atoms with E-state index in [1.165, 1.54) is 24.3 Å². The molecule has 0 aliphatic heterocycles. The van der Waals surface area contributed by atoms with Crippen molar-refractivity contribution < 1.29 is 22.4 Å². The lowest BCUT2D eigenvalue weighted by molar-refractivity contribution is -0.137. The second kappa shape index (κ2) is 6.87. The fourth-order valence-corrected chi connectivity index (χ4v) is 1.95. The highest BCUT2D eigenvalue weighted by Crippen LogP contribution is 2.30. The van der Waals surface area contributed by atoms with Gasteiger partial charge in [-0.15, -0.1) is 0 Å². The number of hydrogen-bond donors (Lipinski definition) is 2. The molecule has 0 aliphatic carbocycles. The molecule has 23 heavy (non-hydrogen) atoms. The molecule has 2 N–H and O–H groups in total. The van der Waals surface area contributed by atoms with Gasteiger partial charge in [0.2, 0.25) is 5.91 Å². The molecular weight excluding hydrogens is 336 g/mol. The Morgan fingerprint density at radius 3 is 2.52 bits per heavy atom. The van der Waals surface area contributed by atoms with Gasteiger partial charge in [0.05, 0.1) is 17.8 Å². The minimum absolute atomic E-state index is 0.00297. The standard InChI is InChI=1S/C15H11ClF4N2O/c16-10-4-5-13(12(17)7-10)21-8-14(23)22-11-3-1-2-9(6-11)15(18,19)20/h1-7,21H,8H2,(H,22,23). The number of carbonyl (C=O) groups is 1. The van der Waals surface area contributed by atoms with Crippen LogP contribution in [0.2, 0.25) is 5.02 Å². The molecule has 0 fully saturated rings. The third-order valence-electron chi connectivity index (χ3n) is 2.84. The molecule has 0 saturated heterocycles. The second-order valence-corrected chi connectivity index (χ2v) is 5.04. The van der Waals surface area contributed by atoms with E-state index in [9.17, 15) is 22.4 Å². The number of carbonyl (C=O) groups excluding carboxylic acids is 1. The van der Waals surface area contributed by atoms with Crippen molar-refractivity contribution in [3.8, 4) is 0 Å². The number of nitrogens with one attached hydrogen (secondary N) is 2. The highest BCUT2D eigenvalue weighted by molar-refractivity contribution is 6.30. The van der Waals surface area contributed by atoms with Crippen LogP contribution in [0.1, 0.15) is 5.56 Å². The molecule has 0 aromatic heterocycles. The van der Waals surface area contributed by atoms with Crippen LogP contribution >= 0.6 is 11.6 Å². The molecule has 3 nitrogen and oxygen atoms in total. The lowest BCUT2D eigenvalue weighted by Gasteiger charge is -2.11. The maximum absolute atomic E-state index is 13.5. The van der Waals surface area contributed by atoms with E-state index in [-0.39, 0.29) is 22.9 Å². The van der Waals surface area contributed by atoms with Gasteiger partial charge in [0.1, 0.15) is 5.82 Å². The van der Waals surface area contributed by atoms with Gasteiger partial charge >= 0.3 is 6.18 Å². The van der Waals surface area contributed by atoms with Crippen LogP contribution in [0, 0.1) is 5.82 Å². The van der Waals surface area contributed by atoms with Crippen LogP contribution in [0.4, 0.5) is 28.9 Å². The largest absolute Gasteiger partial charge is 0.416 e. The number of amides is 1. The van der Waals surface area contributed by atoms with Gasteiger partial charge in [-0.05, 0) is 36.4 Å². The Labute approximate surface area is 134 Å². The van der Waals surface area contributed by atoms with Gasteiger partial charge in [-0.1, -0.05) is 17.7 Å². The van der Waals surface area contributed by atoms with Gasteiger partial charge in [0.15, 0.2) is 0 Å². The maximum Gasteiger partial charge on any atom is 0.416 e. The monoisotopic (exact) mass is 346 g/mol. The van der Waals surface area contributed by atoms with E-state index in [0.717, 1.165) is 18.2 Å². The van der Waals surface area contributed by atoms with Gasteiger partial charge in [-0.2, -0.15) is 13.2 Å². The average molecular weight is 347 g/mol. The smallest absolute Gasteiger partial charge is 0.374 e. The van der Waals surface area contributed by atoms with Crippen molar-refractivity contribution in [3.63, 3.8) is 0 Å². The minimum atomic E-state index is -4.49.